The van der Waals surface area contributed by atoms with E-state index in [-0.39, 0.29) is 0 Å². The zero-order valence-electron chi connectivity index (χ0n) is 14.9. The predicted octanol–water partition coefficient (Wildman–Crippen LogP) is 5.25. The first-order valence-corrected chi connectivity index (χ1v) is 7.89. The lowest BCUT2D eigenvalue weighted by Gasteiger charge is -2.17. The fraction of sp³-hybridized carbons (Fsp3) is 0.400. The van der Waals surface area contributed by atoms with E-state index >= 15 is 0 Å². The third kappa shape index (κ3) is 1.79. The molecule has 1 aromatic heterocycles. The van der Waals surface area contributed by atoms with Gasteiger partial charge in [0.05, 0.1) is 22.1 Å². The molecule has 0 fully saturated rings. The summed E-state index contributed by atoms with van der Waals surface area (Å²) in [6.07, 6.45) is 0. The summed E-state index contributed by atoms with van der Waals surface area (Å²) in [6, 6.07) is 0. The zero-order chi connectivity index (χ0) is 16.3. The molecule has 1 heterocycles. The van der Waals surface area contributed by atoms with Crippen molar-refractivity contribution in [2.45, 2.75) is 55.4 Å². The number of aryl methyl sites for hydroxylation is 4. The van der Waals surface area contributed by atoms with Crippen molar-refractivity contribution in [3.05, 3.63) is 44.5 Å². The summed E-state index contributed by atoms with van der Waals surface area (Å²) >= 11 is 0. The number of rotatable bonds is 0. The molecule has 2 heteroatoms. The highest BCUT2D eigenvalue weighted by Crippen LogP contribution is 2.32. The molecule has 0 saturated carbocycles. The Morgan fingerprint density at radius 1 is 0.318 bits per heavy atom. The number of hydrogen-bond donors (Lipinski definition) is 0. The van der Waals surface area contributed by atoms with Gasteiger partial charge in [-0.25, -0.2) is 9.97 Å². The van der Waals surface area contributed by atoms with Crippen molar-refractivity contribution in [3.8, 4) is 0 Å². The van der Waals surface area contributed by atoms with Crippen LogP contribution >= 0.6 is 0 Å². The smallest absolute Gasteiger partial charge is 0.0929 e. The molecular formula is C20H24N2. The van der Waals surface area contributed by atoms with Gasteiger partial charge in [-0.2, -0.15) is 0 Å². The number of nitrogens with zero attached hydrogens (tertiary/aromatic N) is 2. The van der Waals surface area contributed by atoms with Crippen molar-refractivity contribution < 1.29 is 0 Å². The van der Waals surface area contributed by atoms with Crippen molar-refractivity contribution in [3.63, 3.8) is 0 Å². The van der Waals surface area contributed by atoms with Crippen molar-refractivity contribution >= 4 is 22.1 Å². The van der Waals surface area contributed by atoms with E-state index in [1.54, 1.807) is 0 Å². The largest absolute Gasteiger partial charge is 0.244 e. The topological polar surface area (TPSA) is 25.8 Å². The molecule has 3 aromatic rings. The second-order valence-corrected chi connectivity index (χ2v) is 6.62. The van der Waals surface area contributed by atoms with Crippen LogP contribution in [-0.2, 0) is 0 Å². The molecule has 0 aliphatic heterocycles. The molecule has 2 aromatic carbocycles. The molecule has 0 aliphatic rings. The van der Waals surface area contributed by atoms with Crippen molar-refractivity contribution in [1.29, 1.82) is 0 Å². The van der Waals surface area contributed by atoms with Crippen LogP contribution in [0.2, 0.25) is 0 Å². The standard InChI is InChI=1S/C20H24N2/c1-9-10(2)14(6)18-17(13(9)5)21-19-15(7)11(3)12(4)16(8)20(19)22-18/h1-8H3. The molecule has 0 atom stereocenters. The normalized spacial score (nSPS) is 11.6. The summed E-state index contributed by atoms with van der Waals surface area (Å²) in [5.74, 6) is 0. The van der Waals surface area contributed by atoms with Crippen molar-refractivity contribution in [1.82, 2.24) is 9.97 Å². The molecule has 0 bridgehead atoms. The molecule has 3 rings (SSSR count). The van der Waals surface area contributed by atoms with Crippen LogP contribution in [0, 0.1) is 55.4 Å². The molecule has 0 radical (unpaired) electrons. The second kappa shape index (κ2) is 4.77. The molecule has 0 N–H and O–H groups in total. The third-order valence-electron chi connectivity index (χ3n) is 5.69. The summed E-state index contributed by atoms with van der Waals surface area (Å²) in [4.78, 5) is 10.1. The van der Waals surface area contributed by atoms with E-state index in [0.29, 0.717) is 0 Å². The molecule has 22 heavy (non-hydrogen) atoms. The lowest BCUT2D eigenvalue weighted by molar-refractivity contribution is 1.18. The first kappa shape index (κ1) is 15.0. The van der Waals surface area contributed by atoms with Crippen molar-refractivity contribution in [2.24, 2.45) is 0 Å². The summed E-state index contributed by atoms with van der Waals surface area (Å²) in [7, 11) is 0. The molecule has 0 saturated heterocycles. The van der Waals surface area contributed by atoms with E-state index in [0.717, 1.165) is 22.1 Å². The van der Waals surface area contributed by atoms with E-state index < -0.39 is 0 Å². The Balaban J connectivity index is 2.64. The average molecular weight is 292 g/mol. The van der Waals surface area contributed by atoms with E-state index in [1.165, 1.54) is 44.5 Å². The van der Waals surface area contributed by atoms with Gasteiger partial charge >= 0.3 is 0 Å². The Hall–Kier alpha value is -1.96. The highest BCUT2D eigenvalue weighted by atomic mass is 14.8. The average Bonchev–Trinajstić information content (AvgIpc) is 2.52. The van der Waals surface area contributed by atoms with Gasteiger partial charge in [-0.3, -0.25) is 0 Å². The lowest BCUT2D eigenvalue weighted by Crippen LogP contribution is -2.02. The van der Waals surface area contributed by atoms with Crippen LogP contribution in [0.15, 0.2) is 0 Å². The van der Waals surface area contributed by atoms with Gasteiger partial charge in [0.1, 0.15) is 0 Å². The zero-order valence-corrected chi connectivity index (χ0v) is 14.9. The first-order chi connectivity index (χ1) is 10.3. The minimum absolute atomic E-state index is 1.05. The van der Waals surface area contributed by atoms with Crippen LogP contribution in [0.1, 0.15) is 44.5 Å². The Kier molecular flexibility index (Phi) is 3.24. The summed E-state index contributed by atoms with van der Waals surface area (Å²) < 4.78 is 0. The summed E-state index contributed by atoms with van der Waals surface area (Å²) in [5.41, 5.74) is 14.5. The Labute approximate surface area is 132 Å². The maximum atomic E-state index is 5.04. The molecule has 2 nitrogen and oxygen atoms in total. The van der Waals surface area contributed by atoms with Crippen LogP contribution in [-0.4, -0.2) is 9.97 Å². The second-order valence-electron chi connectivity index (χ2n) is 6.62. The van der Waals surface area contributed by atoms with Crippen molar-refractivity contribution in [2.75, 3.05) is 0 Å². The van der Waals surface area contributed by atoms with Gasteiger partial charge in [-0.1, -0.05) is 0 Å². The van der Waals surface area contributed by atoms with Gasteiger partial charge in [0.2, 0.25) is 0 Å². The monoisotopic (exact) mass is 292 g/mol. The van der Waals surface area contributed by atoms with Crippen LogP contribution in [0.25, 0.3) is 22.1 Å². The maximum absolute atomic E-state index is 5.04. The van der Waals surface area contributed by atoms with E-state index in [4.69, 9.17) is 9.97 Å². The molecule has 0 spiro atoms. The highest BCUT2D eigenvalue weighted by Gasteiger charge is 2.16. The molecule has 0 unspecified atom stereocenters. The number of aromatic nitrogens is 2. The third-order valence-corrected chi connectivity index (χ3v) is 5.69. The van der Waals surface area contributed by atoms with Crippen LogP contribution in [0.5, 0.6) is 0 Å². The van der Waals surface area contributed by atoms with Gasteiger partial charge in [-0.05, 0) is 99.9 Å². The quantitative estimate of drug-likeness (QED) is 0.529. The fourth-order valence-corrected chi connectivity index (χ4v) is 3.32. The number of fused-ring (bicyclic) bond motifs is 2. The number of benzene rings is 2. The van der Waals surface area contributed by atoms with Crippen LogP contribution < -0.4 is 0 Å². The minimum atomic E-state index is 1.05. The fourth-order valence-electron chi connectivity index (χ4n) is 3.32. The van der Waals surface area contributed by atoms with Crippen LogP contribution in [0.4, 0.5) is 0 Å². The van der Waals surface area contributed by atoms with Gasteiger partial charge < -0.3 is 0 Å². The molecule has 114 valence electrons. The van der Waals surface area contributed by atoms with Crippen LogP contribution in [0.3, 0.4) is 0 Å². The molecular weight excluding hydrogens is 268 g/mol. The summed E-state index contributed by atoms with van der Waals surface area (Å²) in [6.45, 7) is 17.4. The molecule has 0 aliphatic carbocycles. The summed E-state index contributed by atoms with van der Waals surface area (Å²) in [5, 5.41) is 0. The Morgan fingerprint density at radius 2 is 0.500 bits per heavy atom. The van der Waals surface area contributed by atoms with E-state index in [1.807, 2.05) is 0 Å². The number of hydrogen-bond acceptors (Lipinski definition) is 2. The first-order valence-electron chi connectivity index (χ1n) is 7.89. The SMILES string of the molecule is Cc1c(C)c(C)c2nc3c(C)c(C)c(C)c(C)c3nc2c1C. The predicted molar refractivity (Wildman–Crippen MR) is 94.9 cm³/mol. The van der Waals surface area contributed by atoms with Gasteiger partial charge in [0.25, 0.3) is 0 Å². The molecule has 0 amide bonds. The van der Waals surface area contributed by atoms with E-state index in [9.17, 15) is 0 Å². The van der Waals surface area contributed by atoms with Gasteiger partial charge in [0.15, 0.2) is 0 Å². The minimum Gasteiger partial charge on any atom is -0.244 e. The van der Waals surface area contributed by atoms with Gasteiger partial charge in [0, 0.05) is 0 Å². The maximum Gasteiger partial charge on any atom is 0.0929 e. The lowest BCUT2D eigenvalue weighted by atomic mass is 9.94. The Bertz CT molecular complexity index is 797. The Morgan fingerprint density at radius 3 is 0.682 bits per heavy atom. The highest BCUT2D eigenvalue weighted by molar-refractivity contribution is 5.94. The van der Waals surface area contributed by atoms with Gasteiger partial charge in [-0.15, -0.1) is 0 Å². The van der Waals surface area contributed by atoms with E-state index in [2.05, 4.69) is 55.4 Å².